The molecule has 1 atom stereocenters. The zero-order chi connectivity index (χ0) is 12.9. The van der Waals surface area contributed by atoms with E-state index in [0.717, 1.165) is 19.6 Å². The van der Waals surface area contributed by atoms with E-state index in [1.54, 1.807) is 11.3 Å². The molecule has 1 rings (SSSR count). The van der Waals surface area contributed by atoms with Crippen LogP contribution in [0.1, 0.15) is 50.6 Å². The number of ether oxygens (including phenoxy) is 1. The van der Waals surface area contributed by atoms with Crippen LogP contribution in [0.5, 0.6) is 0 Å². The molecule has 3 heteroatoms. The van der Waals surface area contributed by atoms with Crippen LogP contribution in [0.2, 0.25) is 0 Å². The first-order valence-corrected chi connectivity index (χ1v) is 7.32. The van der Waals surface area contributed by atoms with Crippen LogP contribution in [0.25, 0.3) is 0 Å². The van der Waals surface area contributed by atoms with Gasteiger partial charge in [0.25, 0.3) is 0 Å². The van der Waals surface area contributed by atoms with E-state index in [1.807, 2.05) is 0 Å². The van der Waals surface area contributed by atoms with Crippen LogP contribution in [-0.2, 0) is 4.74 Å². The second-order valence-electron chi connectivity index (χ2n) is 4.86. The molecule has 0 aromatic carbocycles. The molecule has 0 radical (unpaired) electrons. The first-order chi connectivity index (χ1) is 8.03. The summed E-state index contributed by atoms with van der Waals surface area (Å²) in [4.78, 5) is 1.38. The minimum absolute atomic E-state index is 0.171. The Labute approximate surface area is 109 Å². The zero-order valence-corrected chi connectivity index (χ0v) is 12.5. The Hall–Kier alpha value is -0.380. The van der Waals surface area contributed by atoms with Crippen molar-refractivity contribution in [3.8, 4) is 0 Å². The van der Waals surface area contributed by atoms with Gasteiger partial charge in [-0.25, -0.2) is 0 Å². The predicted molar refractivity (Wildman–Crippen MR) is 75.8 cm³/mol. The molecule has 17 heavy (non-hydrogen) atoms. The second-order valence-corrected chi connectivity index (χ2v) is 5.98. The van der Waals surface area contributed by atoms with Gasteiger partial charge in [0.05, 0.1) is 11.6 Å². The molecule has 0 saturated heterocycles. The fourth-order valence-electron chi connectivity index (χ4n) is 2.17. The van der Waals surface area contributed by atoms with Crippen LogP contribution >= 0.6 is 11.3 Å². The molecule has 0 aliphatic heterocycles. The third-order valence-corrected chi connectivity index (χ3v) is 3.88. The van der Waals surface area contributed by atoms with E-state index in [2.05, 4.69) is 51.4 Å². The second kappa shape index (κ2) is 6.53. The lowest BCUT2D eigenvalue weighted by Gasteiger charge is -2.35. The van der Waals surface area contributed by atoms with Crippen molar-refractivity contribution in [1.29, 1.82) is 0 Å². The number of hydrogen-bond donors (Lipinski definition) is 1. The fraction of sp³-hybridized carbons (Fsp3) is 0.714. The van der Waals surface area contributed by atoms with Gasteiger partial charge in [-0.2, -0.15) is 0 Å². The summed E-state index contributed by atoms with van der Waals surface area (Å²) in [5.74, 6) is 0. The van der Waals surface area contributed by atoms with Crippen molar-refractivity contribution in [1.82, 2.24) is 5.32 Å². The molecule has 2 nitrogen and oxygen atoms in total. The number of aryl methyl sites for hydroxylation is 1. The lowest BCUT2D eigenvalue weighted by atomic mass is 9.91. The first kappa shape index (κ1) is 14.7. The van der Waals surface area contributed by atoms with Gasteiger partial charge in [0.1, 0.15) is 0 Å². The number of thiophene rings is 1. The molecule has 1 heterocycles. The lowest BCUT2D eigenvalue weighted by Crippen LogP contribution is -2.42. The molecule has 98 valence electrons. The van der Waals surface area contributed by atoms with Crippen LogP contribution < -0.4 is 5.32 Å². The van der Waals surface area contributed by atoms with Gasteiger partial charge in [0.15, 0.2) is 0 Å². The van der Waals surface area contributed by atoms with Crippen molar-refractivity contribution in [2.45, 2.75) is 52.7 Å². The molecule has 1 aromatic rings. The predicted octanol–water partition coefficient (Wildman–Crippen LogP) is 3.91. The molecular weight excluding hydrogens is 230 g/mol. The minimum Gasteiger partial charge on any atom is -0.374 e. The molecule has 0 aliphatic rings. The molecule has 0 spiro atoms. The maximum absolute atomic E-state index is 5.91. The van der Waals surface area contributed by atoms with E-state index in [9.17, 15) is 0 Å². The molecule has 1 unspecified atom stereocenters. The van der Waals surface area contributed by atoms with E-state index in [0.29, 0.717) is 0 Å². The van der Waals surface area contributed by atoms with Crippen molar-refractivity contribution < 1.29 is 4.74 Å². The van der Waals surface area contributed by atoms with E-state index in [4.69, 9.17) is 4.74 Å². The molecule has 0 amide bonds. The third kappa shape index (κ3) is 3.80. The van der Waals surface area contributed by atoms with Gasteiger partial charge >= 0.3 is 0 Å². The highest BCUT2D eigenvalue weighted by Crippen LogP contribution is 2.33. The van der Waals surface area contributed by atoms with Crippen molar-refractivity contribution in [3.05, 3.63) is 21.9 Å². The summed E-state index contributed by atoms with van der Waals surface area (Å²) in [6.45, 7) is 12.5. The largest absolute Gasteiger partial charge is 0.374 e. The standard InChI is InChI=1S/C14H25NOS/c1-6-9-15-13(14(4,5)16-7-2)12-8-10-17-11(12)3/h8,10,13,15H,6-7,9H2,1-5H3. The topological polar surface area (TPSA) is 21.3 Å². The van der Waals surface area contributed by atoms with Crippen molar-refractivity contribution in [2.24, 2.45) is 0 Å². The summed E-state index contributed by atoms with van der Waals surface area (Å²) in [6, 6.07) is 2.49. The maximum Gasteiger partial charge on any atom is 0.0820 e. The summed E-state index contributed by atoms with van der Waals surface area (Å²) in [5, 5.41) is 5.78. The minimum atomic E-state index is -0.171. The number of hydrogen-bond acceptors (Lipinski definition) is 3. The molecule has 0 fully saturated rings. The highest BCUT2D eigenvalue weighted by Gasteiger charge is 2.32. The average molecular weight is 255 g/mol. The number of rotatable bonds is 7. The highest BCUT2D eigenvalue weighted by atomic mass is 32.1. The Morgan fingerprint density at radius 1 is 1.41 bits per heavy atom. The van der Waals surface area contributed by atoms with Gasteiger partial charge < -0.3 is 10.1 Å². The Morgan fingerprint density at radius 2 is 2.12 bits per heavy atom. The Kier molecular flexibility index (Phi) is 5.63. The van der Waals surface area contributed by atoms with Crippen molar-refractivity contribution in [3.63, 3.8) is 0 Å². The quantitative estimate of drug-likeness (QED) is 0.797. The zero-order valence-electron chi connectivity index (χ0n) is 11.7. The molecular formula is C14H25NOS. The van der Waals surface area contributed by atoms with E-state index >= 15 is 0 Å². The Balaban J connectivity index is 2.91. The van der Waals surface area contributed by atoms with Crippen LogP contribution in [-0.4, -0.2) is 18.8 Å². The third-order valence-electron chi connectivity index (χ3n) is 3.02. The summed E-state index contributed by atoms with van der Waals surface area (Å²) >= 11 is 1.80. The Bertz CT molecular complexity index is 333. The van der Waals surface area contributed by atoms with Gasteiger partial charge in [-0.15, -0.1) is 11.3 Å². The summed E-state index contributed by atoms with van der Waals surface area (Å²) < 4.78 is 5.91. The Morgan fingerprint density at radius 3 is 2.59 bits per heavy atom. The molecule has 1 aromatic heterocycles. The van der Waals surface area contributed by atoms with Gasteiger partial charge in [0, 0.05) is 11.5 Å². The molecule has 1 N–H and O–H groups in total. The lowest BCUT2D eigenvalue weighted by molar-refractivity contribution is -0.0392. The van der Waals surface area contributed by atoms with Gasteiger partial charge in [-0.3, -0.25) is 0 Å². The number of nitrogens with one attached hydrogen (secondary N) is 1. The molecule has 0 bridgehead atoms. The molecule has 0 aliphatic carbocycles. The van der Waals surface area contributed by atoms with Gasteiger partial charge in [0.2, 0.25) is 0 Å². The van der Waals surface area contributed by atoms with Crippen LogP contribution in [0.15, 0.2) is 11.4 Å². The van der Waals surface area contributed by atoms with Crippen LogP contribution in [0, 0.1) is 6.92 Å². The van der Waals surface area contributed by atoms with Crippen molar-refractivity contribution >= 4 is 11.3 Å². The molecule has 0 saturated carbocycles. The summed E-state index contributed by atoms with van der Waals surface area (Å²) in [6.07, 6.45) is 1.14. The van der Waals surface area contributed by atoms with E-state index in [-0.39, 0.29) is 11.6 Å². The average Bonchev–Trinajstić information content (AvgIpc) is 2.65. The monoisotopic (exact) mass is 255 g/mol. The first-order valence-electron chi connectivity index (χ1n) is 6.44. The van der Waals surface area contributed by atoms with Crippen LogP contribution in [0.4, 0.5) is 0 Å². The van der Waals surface area contributed by atoms with Gasteiger partial charge in [-0.1, -0.05) is 6.92 Å². The SMILES string of the molecule is CCCNC(c1ccsc1C)C(C)(C)OCC. The maximum atomic E-state index is 5.91. The summed E-state index contributed by atoms with van der Waals surface area (Å²) in [7, 11) is 0. The summed E-state index contributed by atoms with van der Waals surface area (Å²) in [5.41, 5.74) is 1.21. The fourth-order valence-corrected chi connectivity index (χ4v) is 2.91. The highest BCUT2D eigenvalue weighted by molar-refractivity contribution is 7.10. The van der Waals surface area contributed by atoms with E-state index < -0.39 is 0 Å². The van der Waals surface area contributed by atoms with Gasteiger partial charge in [-0.05, 0) is 57.7 Å². The normalized spacial score (nSPS) is 13.9. The smallest absolute Gasteiger partial charge is 0.0820 e. The van der Waals surface area contributed by atoms with Crippen molar-refractivity contribution in [2.75, 3.05) is 13.2 Å². The van der Waals surface area contributed by atoms with Crippen LogP contribution in [0.3, 0.4) is 0 Å². The van der Waals surface area contributed by atoms with E-state index in [1.165, 1.54) is 10.4 Å².